The Balaban J connectivity index is 2.25. The number of aromatic nitrogens is 1. The van der Waals surface area contributed by atoms with Crippen molar-refractivity contribution in [2.24, 2.45) is 0 Å². The number of carbonyl (C=O) groups is 1. The van der Waals surface area contributed by atoms with Crippen LogP contribution in [0.3, 0.4) is 0 Å². The molecule has 0 saturated heterocycles. The molecule has 3 N–H and O–H groups in total. The number of nitrogens with two attached hydrogens (primary N) is 1. The van der Waals surface area contributed by atoms with E-state index in [1.165, 1.54) is 18.3 Å². The number of benzene rings is 1. The lowest BCUT2D eigenvalue weighted by molar-refractivity contribution is 0.102. The topological polar surface area (TPSA) is 68.0 Å². The Morgan fingerprint density at radius 2 is 2.06 bits per heavy atom. The van der Waals surface area contributed by atoms with Gasteiger partial charge in [-0.3, -0.25) is 4.79 Å². The molecule has 92 valence electrons. The molecule has 2 rings (SSSR count). The molecule has 1 aromatic heterocycles. The summed E-state index contributed by atoms with van der Waals surface area (Å²) >= 11 is 11.7. The van der Waals surface area contributed by atoms with Gasteiger partial charge in [0.15, 0.2) is 5.82 Å². The monoisotopic (exact) mass is 281 g/mol. The van der Waals surface area contributed by atoms with Crippen LogP contribution in [0, 0.1) is 0 Å². The van der Waals surface area contributed by atoms with Gasteiger partial charge >= 0.3 is 0 Å². The number of nitrogens with zero attached hydrogens (tertiary/aromatic N) is 1. The number of anilines is 2. The number of pyridine rings is 1. The molecule has 0 bridgehead atoms. The van der Waals surface area contributed by atoms with Crippen molar-refractivity contribution in [3.05, 3.63) is 52.1 Å². The Morgan fingerprint density at radius 1 is 1.28 bits per heavy atom. The van der Waals surface area contributed by atoms with Crippen LogP contribution in [0.25, 0.3) is 0 Å². The van der Waals surface area contributed by atoms with E-state index in [0.29, 0.717) is 27.1 Å². The average Bonchev–Trinajstić information content (AvgIpc) is 2.31. The first-order valence-corrected chi connectivity index (χ1v) is 5.80. The van der Waals surface area contributed by atoms with Crippen molar-refractivity contribution >= 4 is 40.6 Å². The van der Waals surface area contributed by atoms with Crippen molar-refractivity contribution < 1.29 is 4.79 Å². The quantitative estimate of drug-likeness (QED) is 0.831. The molecule has 1 aromatic carbocycles. The fraction of sp³-hybridized carbons (Fsp3) is 0. The van der Waals surface area contributed by atoms with Gasteiger partial charge in [-0.2, -0.15) is 0 Å². The summed E-state index contributed by atoms with van der Waals surface area (Å²) in [4.78, 5) is 15.9. The number of halogens is 2. The summed E-state index contributed by atoms with van der Waals surface area (Å²) in [7, 11) is 0. The van der Waals surface area contributed by atoms with Gasteiger partial charge in [0.25, 0.3) is 5.91 Å². The maximum atomic E-state index is 11.9. The lowest BCUT2D eigenvalue weighted by atomic mass is 10.2. The van der Waals surface area contributed by atoms with Gasteiger partial charge in [-0.05, 0) is 30.3 Å². The number of amides is 1. The maximum Gasteiger partial charge on any atom is 0.256 e. The van der Waals surface area contributed by atoms with Crippen LogP contribution in [0.4, 0.5) is 11.5 Å². The molecule has 6 heteroatoms. The molecular weight excluding hydrogens is 273 g/mol. The number of rotatable bonds is 2. The van der Waals surface area contributed by atoms with Gasteiger partial charge in [-0.25, -0.2) is 4.98 Å². The number of carbonyl (C=O) groups excluding carboxylic acids is 1. The third kappa shape index (κ3) is 2.91. The van der Waals surface area contributed by atoms with Crippen LogP contribution in [-0.4, -0.2) is 10.9 Å². The Hall–Kier alpha value is -1.78. The van der Waals surface area contributed by atoms with Crippen molar-refractivity contribution in [1.29, 1.82) is 0 Å². The lowest BCUT2D eigenvalue weighted by Crippen LogP contribution is -2.13. The minimum Gasteiger partial charge on any atom is -0.399 e. The van der Waals surface area contributed by atoms with E-state index in [2.05, 4.69) is 10.3 Å². The summed E-state index contributed by atoms with van der Waals surface area (Å²) in [6, 6.07) is 7.92. The third-order valence-electron chi connectivity index (χ3n) is 2.17. The second-order valence-electron chi connectivity index (χ2n) is 3.56. The van der Waals surface area contributed by atoms with E-state index in [0.717, 1.165) is 0 Å². The van der Waals surface area contributed by atoms with E-state index in [-0.39, 0.29) is 5.91 Å². The van der Waals surface area contributed by atoms with Crippen LogP contribution in [0.2, 0.25) is 10.0 Å². The van der Waals surface area contributed by atoms with Crippen LogP contribution in [0.5, 0.6) is 0 Å². The van der Waals surface area contributed by atoms with E-state index < -0.39 is 0 Å². The first kappa shape index (κ1) is 12.7. The fourth-order valence-corrected chi connectivity index (χ4v) is 1.81. The number of hydrogen-bond donors (Lipinski definition) is 2. The number of nitrogens with one attached hydrogen (secondary N) is 1. The highest BCUT2D eigenvalue weighted by atomic mass is 35.5. The summed E-state index contributed by atoms with van der Waals surface area (Å²) < 4.78 is 0. The average molecular weight is 282 g/mol. The zero-order valence-corrected chi connectivity index (χ0v) is 10.7. The Morgan fingerprint density at radius 3 is 2.72 bits per heavy atom. The normalized spacial score (nSPS) is 10.1. The smallest absolute Gasteiger partial charge is 0.256 e. The van der Waals surface area contributed by atoms with E-state index in [4.69, 9.17) is 28.9 Å². The second kappa shape index (κ2) is 5.25. The molecule has 0 aliphatic carbocycles. The van der Waals surface area contributed by atoms with Gasteiger partial charge in [0.05, 0.1) is 5.02 Å². The minimum absolute atomic E-state index is 0.294. The highest BCUT2D eigenvalue weighted by Gasteiger charge is 2.10. The molecule has 1 amide bonds. The Bertz CT molecular complexity index is 581. The van der Waals surface area contributed by atoms with Gasteiger partial charge in [0.1, 0.15) is 0 Å². The zero-order valence-electron chi connectivity index (χ0n) is 9.15. The minimum atomic E-state index is -0.371. The molecule has 0 radical (unpaired) electrons. The number of hydrogen-bond acceptors (Lipinski definition) is 3. The molecule has 0 saturated carbocycles. The standard InChI is InChI=1S/C12H9Cl2N3O/c13-8-4-7(5-9(15)6-8)12(18)17-11-10(14)2-1-3-16-11/h1-6H,15H2,(H,16,17,18). The van der Waals surface area contributed by atoms with Crippen LogP contribution in [-0.2, 0) is 0 Å². The molecule has 0 unspecified atom stereocenters. The SMILES string of the molecule is Nc1cc(Cl)cc(C(=O)Nc2ncccc2Cl)c1. The maximum absolute atomic E-state index is 11.9. The van der Waals surface area contributed by atoms with E-state index in [1.807, 2.05) is 0 Å². The van der Waals surface area contributed by atoms with Crippen molar-refractivity contribution in [1.82, 2.24) is 4.98 Å². The van der Waals surface area contributed by atoms with Crippen LogP contribution >= 0.6 is 23.2 Å². The van der Waals surface area contributed by atoms with E-state index >= 15 is 0 Å². The van der Waals surface area contributed by atoms with Gasteiger partial charge in [-0.1, -0.05) is 23.2 Å². The van der Waals surface area contributed by atoms with Crippen molar-refractivity contribution in [3.63, 3.8) is 0 Å². The van der Waals surface area contributed by atoms with Crippen LogP contribution < -0.4 is 11.1 Å². The van der Waals surface area contributed by atoms with E-state index in [1.54, 1.807) is 18.2 Å². The molecule has 0 atom stereocenters. The molecule has 2 aromatic rings. The van der Waals surface area contributed by atoms with Crippen molar-refractivity contribution in [2.75, 3.05) is 11.1 Å². The molecule has 18 heavy (non-hydrogen) atoms. The summed E-state index contributed by atoms with van der Waals surface area (Å²) in [5.74, 6) is -0.0764. The van der Waals surface area contributed by atoms with Gasteiger partial charge in [0, 0.05) is 22.5 Å². The first-order valence-electron chi connectivity index (χ1n) is 5.04. The molecule has 0 spiro atoms. The summed E-state index contributed by atoms with van der Waals surface area (Å²) in [6.45, 7) is 0. The lowest BCUT2D eigenvalue weighted by Gasteiger charge is -2.06. The van der Waals surface area contributed by atoms with Gasteiger partial charge in [-0.15, -0.1) is 0 Å². The molecular formula is C12H9Cl2N3O. The highest BCUT2D eigenvalue weighted by Crippen LogP contribution is 2.20. The zero-order chi connectivity index (χ0) is 13.1. The molecule has 4 nitrogen and oxygen atoms in total. The second-order valence-corrected chi connectivity index (χ2v) is 4.40. The Kier molecular flexibility index (Phi) is 3.69. The summed E-state index contributed by atoms with van der Waals surface area (Å²) in [6.07, 6.45) is 1.54. The molecule has 0 aliphatic heterocycles. The summed E-state index contributed by atoms with van der Waals surface area (Å²) in [5, 5.41) is 3.34. The predicted molar refractivity (Wildman–Crippen MR) is 73.1 cm³/mol. The summed E-state index contributed by atoms with van der Waals surface area (Å²) in [5.41, 5.74) is 6.38. The van der Waals surface area contributed by atoms with Gasteiger partial charge in [0.2, 0.25) is 0 Å². The van der Waals surface area contributed by atoms with Gasteiger partial charge < -0.3 is 11.1 Å². The van der Waals surface area contributed by atoms with Crippen molar-refractivity contribution in [2.45, 2.75) is 0 Å². The molecule has 0 fully saturated rings. The van der Waals surface area contributed by atoms with Crippen LogP contribution in [0.15, 0.2) is 36.5 Å². The first-order chi connectivity index (χ1) is 8.56. The van der Waals surface area contributed by atoms with Crippen molar-refractivity contribution in [3.8, 4) is 0 Å². The third-order valence-corrected chi connectivity index (χ3v) is 2.70. The fourth-order valence-electron chi connectivity index (χ4n) is 1.40. The number of nitrogen functional groups attached to an aromatic ring is 1. The highest BCUT2D eigenvalue weighted by molar-refractivity contribution is 6.33. The molecule has 1 heterocycles. The predicted octanol–water partition coefficient (Wildman–Crippen LogP) is 3.22. The Labute approximate surface area is 114 Å². The largest absolute Gasteiger partial charge is 0.399 e. The van der Waals surface area contributed by atoms with E-state index in [9.17, 15) is 4.79 Å². The van der Waals surface area contributed by atoms with Crippen LogP contribution in [0.1, 0.15) is 10.4 Å². The molecule has 0 aliphatic rings.